The standard InChI is InChI=1S/C8H11N3O4S/c1-15-6(12)5-3-8(9,11(13)14)7(16-2)10-4-5/h3-4,7H,9H2,1-2H3. The van der Waals surface area contributed by atoms with Gasteiger partial charge in [0, 0.05) is 17.2 Å². The Bertz CT molecular complexity index is 381. The average molecular weight is 245 g/mol. The number of esters is 1. The number of rotatable bonds is 3. The van der Waals surface area contributed by atoms with Gasteiger partial charge >= 0.3 is 11.6 Å². The number of thioether (sulfide) groups is 1. The van der Waals surface area contributed by atoms with Crippen molar-refractivity contribution in [1.29, 1.82) is 0 Å². The molecule has 2 N–H and O–H groups in total. The molecule has 0 spiro atoms. The molecule has 8 heteroatoms. The molecule has 0 aromatic heterocycles. The van der Waals surface area contributed by atoms with Gasteiger partial charge in [-0.15, -0.1) is 11.8 Å². The number of carbonyl (C=O) groups excluding carboxylic acids is 1. The number of nitrogens with two attached hydrogens (primary N) is 1. The summed E-state index contributed by atoms with van der Waals surface area (Å²) in [5.74, 6) is -0.694. The smallest absolute Gasteiger partial charge is 0.339 e. The first-order chi connectivity index (χ1) is 7.45. The topological polar surface area (TPSA) is 108 Å². The van der Waals surface area contributed by atoms with Crippen LogP contribution in [0.25, 0.3) is 0 Å². The van der Waals surface area contributed by atoms with Gasteiger partial charge in [0.15, 0.2) is 5.37 Å². The molecular formula is C8H11N3O4S. The maximum Gasteiger partial charge on any atom is 0.339 e. The maximum absolute atomic E-state index is 11.2. The van der Waals surface area contributed by atoms with Crippen molar-refractivity contribution in [2.24, 2.45) is 10.7 Å². The molecule has 7 nitrogen and oxygen atoms in total. The second-order valence-electron chi connectivity index (χ2n) is 3.10. The van der Waals surface area contributed by atoms with Crippen LogP contribution in [0.3, 0.4) is 0 Å². The van der Waals surface area contributed by atoms with Crippen LogP contribution in [-0.2, 0) is 9.53 Å². The summed E-state index contributed by atoms with van der Waals surface area (Å²) in [6.45, 7) is 0. The van der Waals surface area contributed by atoms with Gasteiger partial charge in [-0.2, -0.15) is 0 Å². The molecule has 1 aliphatic heterocycles. The van der Waals surface area contributed by atoms with Crippen LogP contribution in [0.4, 0.5) is 0 Å². The van der Waals surface area contributed by atoms with Crippen LogP contribution in [0.15, 0.2) is 16.6 Å². The zero-order valence-corrected chi connectivity index (χ0v) is 9.56. The van der Waals surface area contributed by atoms with Gasteiger partial charge in [0.1, 0.15) is 0 Å². The van der Waals surface area contributed by atoms with E-state index in [2.05, 4.69) is 9.73 Å². The van der Waals surface area contributed by atoms with Crippen LogP contribution in [-0.4, -0.2) is 41.5 Å². The summed E-state index contributed by atoms with van der Waals surface area (Å²) in [4.78, 5) is 25.3. The van der Waals surface area contributed by atoms with Gasteiger partial charge in [-0.3, -0.25) is 20.8 Å². The zero-order valence-electron chi connectivity index (χ0n) is 8.75. The van der Waals surface area contributed by atoms with Crippen molar-refractivity contribution < 1.29 is 14.5 Å². The minimum atomic E-state index is -1.88. The highest BCUT2D eigenvalue weighted by Gasteiger charge is 2.47. The molecule has 0 amide bonds. The highest BCUT2D eigenvalue weighted by atomic mass is 32.2. The Kier molecular flexibility index (Phi) is 3.66. The number of carbonyl (C=O) groups is 1. The molecule has 2 unspecified atom stereocenters. The number of nitrogens with zero attached hydrogens (tertiary/aromatic N) is 2. The number of aliphatic imine (C=N–C) groups is 1. The number of ether oxygens (including phenoxy) is 1. The van der Waals surface area contributed by atoms with Crippen molar-refractivity contribution in [3.05, 3.63) is 21.8 Å². The summed E-state index contributed by atoms with van der Waals surface area (Å²) in [6.07, 6.45) is 3.97. The van der Waals surface area contributed by atoms with Crippen LogP contribution in [0.5, 0.6) is 0 Å². The number of hydrogen-bond donors (Lipinski definition) is 1. The molecule has 0 saturated heterocycles. The molecule has 0 aliphatic carbocycles. The van der Waals surface area contributed by atoms with E-state index < -0.39 is 21.9 Å². The van der Waals surface area contributed by atoms with E-state index in [1.54, 1.807) is 6.26 Å². The minimum absolute atomic E-state index is 0.00741. The average Bonchev–Trinajstić information content (AvgIpc) is 2.27. The Morgan fingerprint density at radius 1 is 1.81 bits per heavy atom. The molecule has 0 aromatic carbocycles. The number of methoxy groups -OCH3 is 1. The number of nitro groups is 1. The van der Waals surface area contributed by atoms with Crippen molar-refractivity contribution in [2.75, 3.05) is 13.4 Å². The van der Waals surface area contributed by atoms with Crippen molar-refractivity contribution in [3.8, 4) is 0 Å². The molecular weight excluding hydrogens is 234 g/mol. The summed E-state index contributed by atoms with van der Waals surface area (Å²) in [6, 6.07) is 0. The van der Waals surface area contributed by atoms with Crippen molar-refractivity contribution in [3.63, 3.8) is 0 Å². The predicted octanol–water partition coefficient (Wildman–Crippen LogP) is -0.209. The van der Waals surface area contributed by atoms with Gasteiger partial charge in [0.05, 0.1) is 12.7 Å². The molecule has 2 atom stereocenters. The molecule has 0 fully saturated rings. The summed E-state index contributed by atoms with van der Waals surface area (Å²) in [5.41, 5.74) is 3.74. The largest absolute Gasteiger partial charge is 0.465 e. The first kappa shape index (κ1) is 12.7. The lowest BCUT2D eigenvalue weighted by Gasteiger charge is -2.25. The Hall–Kier alpha value is -1.41. The Labute approximate surface area is 95.9 Å². The second-order valence-corrected chi connectivity index (χ2v) is 4.02. The van der Waals surface area contributed by atoms with Gasteiger partial charge in [-0.05, 0) is 6.26 Å². The number of dihydropyridines is 1. The minimum Gasteiger partial charge on any atom is -0.465 e. The molecule has 16 heavy (non-hydrogen) atoms. The van der Waals surface area contributed by atoms with E-state index in [9.17, 15) is 14.9 Å². The summed E-state index contributed by atoms with van der Waals surface area (Å²) < 4.78 is 4.45. The van der Waals surface area contributed by atoms with E-state index in [4.69, 9.17) is 5.73 Å². The van der Waals surface area contributed by atoms with E-state index >= 15 is 0 Å². The summed E-state index contributed by atoms with van der Waals surface area (Å²) in [7, 11) is 1.18. The Morgan fingerprint density at radius 3 is 2.88 bits per heavy atom. The van der Waals surface area contributed by atoms with E-state index in [1.807, 2.05) is 0 Å². The first-order valence-electron chi connectivity index (χ1n) is 4.26. The van der Waals surface area contributed by atoms with Gasteiger partial charge in [-0.25, -0.2) is 4.79 Å². The lowest BCUT2D eigenvalue weighted by Crippen LogP contribution is -2.55. The van der Waals surface area contributed by atoms with Crippen LogP contribution in [0.2, 0.25) is 0 Å². The number of hydrogen-bond acceptors (Lipinski definition) is 7. The zero-order chi connectivity index (χ0) is 12.3. The monoisotopic (exact) mass is 245 g/mol. The predicted molar refractivity (Wildman–Crippen MR) is 59.8 cm³/mol. The van der Waals surface area contributed by atoms with Crippen molar-refractivity contribution in [2.45, 2.75) is 11.0 Å². The molecule has 0 bridgehead atoms. The third-order valence-electron chi connectivity index (χ3n) is 2.09. The SMILES string of the molecule is COC(=O)C1=CC(N)([N+](=O)[O-])C(SC)N=C1. The van der Waals surface area contributed by atoms with E-state index in [0.717, 1.165) is 17.8 Å². The highest BCUT2D eigenvalue weighted by molar-refractivity contribution is 7.99. The third-order valence-corrected chi connectivity index (χ3v) is 3.04. The summed E-state index contributed by atoms with van der Waals surface area (Å²) in [5, 5.41) is 10.1. The molecule has 88 valence electrons. The summed E-state index contributed by atoms with van der Waals surface area (Å²) >= 11 is 1.14. The fourth-order valence-corrected chi connectivity index (χ4v) is 1.96. The molecule has 1 aliphatic rings. The Morgan fingerprint density at radius 2 is 2.44 bits per heavy atom. The fraction of sp³-hybridized carbons (Fsp3) is 0.500. The van der Waals surface area contributed by atoms with Crippen LogP contribution >= 0.6 is 11.8 Å². The van der Waals surface area contributed by atoms with Crippen LogP contribution < -0.4 is 5.73 Å². The second kappa shape index (κ2) is 4.62. The first-order valence-corrected chi connectivity index (χ1v) is 5.55. The molecule has 0 radical (unpaired) electrons. The van der Waals surface area contributed by atoms with Gasteiger partial charge in [0.2, 0.25) is 0 Å². The fourth-order valence-electron chi connectivity index (χ4n) is 1.25. The quantitative estimate of drug-likeness (QED) is 0.319. The van der Waals surface area contributed by atoms with Gasteiger partial charge < -0.3 is 4.74 Å². The molecule has 0 saturated carbocycles. The van der Waals surface area contributed by atoms with Crippen molar-refractivity contribution in [1.82, 2.24) is 0 Å². The van der Waals surface area contributed by atoms with E-state index in [-0.39, 0.29) is 5.57 Å². The lowest BCUT2D eigenvalue weighted by atomic mass is 10.1. The lowest BCUT2D eigenvalue weighted by molar-refractivity contribution is -0.553. The third kappa shape index (κ3) is 2.07. The van der Waals surface area contributed by atoms with E-state index in [0.29, 0.717) is 0 Å². The molecule has 0 aromatic rings. The highest BCUT2D eigenvalue weighted by Crippen LogP contribution is 2.27. The van der Waals surface area contributed by atoms with Crippen LogP contribution in [0.1, 0.15) is 0 Å². The molecule has 1 rings (SSSR count). The maximum atomic E-state index is 11.2. The Balaban J connectivity index is 3.12. The van der Waals surface area contributed by atoms with Gasteiger partial charge in [0.25, 0.3) is 0 Å². The van der Waals surface area contributed by atoms with Crippen LogP contribution in [0, 0.1) is 10.1 Å². The normalized spacial score (nSPS) is 28.4. The molecule has 1 heterocycles. The van der Waals surface area contributed by atoms with E-state index in [1.165, 1.54) is 13.3 Å². The van der Waals surface area contributed by atoms with Gasteiger partial charge in [-0.1, -0.05) is 0 Å². The van der Waals surface area contributed by atoms with Crippen molar-refractivity contribution >= 4 is 23.9 Å².